The largest absolute Gasteiger partial charge is 0.410 e. The van der Waals surface area contributed by atoms with Crippen molar-refractivity contribution in [3.8, 4) is 0 Å². The van der Waals surface area contributed by atoms with Crippen molar-refractivity contribution < 1.29 is 45.9 Å². The number of nitrogens with one attached hydrogen (secondary N) is 1. The number of benzene rings is 2. The molecule has 0 fully saturated rings. The standard InChI is InChI=1S/C16H20N2OP.Pr/c1-18(2)14-13-17-20(19,15-9-5-3-6-10-15)16-11-7-4-8-12-16;/h3-13H,14H2,1-2H3,(H,17,19);/q-1;. The topological polar surface area (TPSA) is 32.3 Å². The van der Waals surface area contributed by atoms with E-state index in [1.807, 2.05) is 86.2 Å². The van der Waals surface area contributed by atoms with E-state index in [0.29, 0.717) is 0 Å². The normalized spacial score (nSPS) is 11.2. The minimum Gasteiger partial charge on any atom is -0.410 e. The van der Waals surface area contributed by atoms with Gasteiger partial charge in [-0.05, 0) is 38.4 Å². The van der Waals surface area contributed by atoms with Gasteiger partial charge >= 0.3 is 0 Å². The van der Waals surface area contributed by atoms with Crippen LogP contribution in [-0.2, 0) is 4.57 Å². The summed E-state index contributed by atoms with van der Waals surface area (Å²) in [4.78, 5) is 2.02. The van der Waals surface area contributed by atoms with E-state index in [-0.39, 0.29) is 41.3 Å². The van der Waals surface area contributed by atoms with E-state index in [2.05, 4.69) is 5.09 Å². The summed E-state index contributed by atoms with van der Waals surface area (Å²) >= 11 is 0. The van der Waals surface area contributed by atoms with Gasteiger partial charge in [0.2, 0.25) is 0 Å². The van der Waals surface area contributed by atoms with Gasteiger partial charge in [0.1, 0.15) is 0 Å². The molecule has 0 saturated carbocycles. The Morgan fingerprint density at radius 2 is 1.38 bits per heavy atom. The van der Waals surface area contributed by atoms with Gasteiger partial charge < -0.3 is 9.99 Å². The van der Waals surface area contributed by atoms with Gasteiger partial charge in [0.15, 0.2) is 7.29 Å². The first-order valence-corrected chi connectivity index (χ1v) is 8.29. The number of rotatable bonds is 6. The third kappa shape index (κ3) is 5.26. The van der Waals surface area contributed by atoms with E-state index in [0.717, 1.165) is 17.2 Å². The molecule has 0 aromatic heterocycles. The average molecular weight is 428 g/mol. The van der Waals surface area contributed by atoms with Crippen LogP contribution in [0.15, 0.2) is 60.7 Å². The molecule has 0 bridgehead atoms. The average Bonchev–Trinajstić information content (AvgIpc) is 2.48. The summed E-state index contributed by atoms with van der Waals surface area (Å²) in [7, 11) is 1.15. The van der Waals surface area contributed by atoms with Crippen molar-refractivity contribution in [1.82, 2.24) is 9.99 Å². The first-order valence-electron chi connectivity index (χ1n) is 6.58. The Balaban J connectivity index is 0.00000220. The van der Waals surface area contributed by atoms with Gasteiger partial charge in [0.25, 0.3) is 0 Å². The molecule has 1 N–H and O–H groups in total. The van der Waals surface area contributed by atoms with Crippen LogP contribution in [0.5, 0.6) is 0 Å². The summed E-state index contributed by atoms with van der Waals surface area (Å²) in [5.74, 6) is 0. The minimum atomic E-state index is -2.81. The second-order valence-electron chi connectivity index (χ2n) is 4.88. The predicted molar refractivity (Wildman–Crippen MR) is 85.7 cm³/mol. The van der Waals surface area contributed by atoms with Crippen LogP contribution in [0, 0.1) is 47.8 Å². The summed E-state index contributed by atoms with van der Waals surface area (Å²) < 4.78 is 13.4. The fourth-order valence-corrected chi connectivity index (χ4v) is 4.04. The molecule has 0 aliphatic carbocycles. The molecule has 21 heavy (non-hydrogen) atoms. The van der Waals surface area contributed by atoms with Crippen molar-refractivity contribution in [3.05, 3.63) is 67.2 Å². The van der Waals surface area contributed by atoms with Gasteiger partial charge in [0, 0.05) is 51.9 Å². The van der Waals surface area contributed by atoms with E-state index in [4.69, 9.17) is 0 Å². The van der Waals surface area contributed by atoms with Crippen molar-refractivity contribution in [1.29, 1.82) is 0 Å². The van der Waals surface area contributed by atoms with Crippen LogP contribution in [0.4, 0.5) is 0 Å². The molecule has 0 heterocycles. The van der Waals surface area contributed by atoms with Crippen LogP contribution in [-0.4, -0.2) is 25.5 Å². The molecular weight excluding hydrogens is 408 g/mol. The molecule has 2 aromatic rings. The Hall–Kier alpha value is -0.0464. The molecule has 0 amide bonds. The number of hydrogen-bond donors (Lipinski definition) is 1. The Morgan fingerprint density at radius 1 is 0.952 bits per heavy atom. The molecule has 3 nitrogen and oxygen atoms in total. The number of likely N-dealkylation sites (N-methyl/N-ethyl adjacent to an activating group) is 1. The minimum absolute atomic E-state index is 0. The Labute approximate surface area is 160 Å². The van der Waals surface area contributed by atoms with E-state index < -0.39 is 7.29 Å². The zero-order valence-corrected chi connectivity index (χ0v) is 17.0. The third-order valence-electron chi connectivity index (χ3n) is 2.97. The molecule has 2 aromatic carbocycles. The summed E-state index contributed by atoms with van der Waals surface area (Å²) in [6.45, 7) is 2.59. The number of hydrogen-bond acceptors (Lipinski definition) is 2. The van der Waals surface area contributed by atoms with Crippen molar-refractivity contribution in [2.24, 2.45) is 0 Å². The fourth-order valence-electron chi connectivity index (χ4n) is 1.93. The second-order valence-corrected chi connectivity index (χ2v) is 7.39. The zero-order chi connectivity index (χ0) is 14.4. The van der Waals surface area contributed by atoms with Gasteiger partial charge in [-0.25, -0.2) is 6.54 Å². The maximum Gasteiger partial charge on any atom is 0.177 e. The molecule has 1 radical (unpaired) electrons. The van der Waals surface area contributed by atoms with Crippen LogP contribution in [0.1, 0.15) is 0 Å². The molecule has 2 rings (SSSR count). The van der Waals surface area contributed by atoms with E-state index >= 15 is 0 Å². The van der Waals surface area contributed by atoms with Gasteiger partial charge in [-0.2, -0.15) is 0 Å². The molecule has 5 heteroatoms. The zero-order valence-electron chi connectivity index (χ0n) is 12.4. The smallest absolute Gasteiger partial charge is 0.177 e. The molecule has 0 unspecified atom stereocenters. The molecule has 0 saturated heterocycles. The monoisotopic (exact) mass is 428 g/mol. The van der Waals surface area contributed by atoms with E-state index in [1.54, 1.807) is 0 Å². The quantitative estimate of drug-likeness (QED) is 0.566. The van der Waals surface area contributed by atoms with E-state index in [1.165, 1.54) is 0 Å². The van der Waals surface area contributed by atoms with Crippen LogP contribution in [0.25, 0.3) is 0 Å². The third-order valence-corrected chi connectivity index (χ3v) is 5.57. The van der Waals surface area contributed by atoms with E-state index in [9.17, 15) is 4.57 Å². The summed E-state index contributed by atoms with van der Waals surface area (Å²) in [5, 5.41) is 4.79. The van der Waals surface area contributed by atoms with Crippen molar-refractivity contribution in [2.75, 3.05) is 20.6 Å². The van der Waals surface area contributed by atoms with Gasteiger partial charge in [0.05, 0.1) is 0 Å². The summed E-state index contributed by atoms with van der Waals surface area (Å²) in [6.07, 6.45) is 0. The van der Waals surface area contributed by atoms with Crippen molar-refractivity contribution >= 4 is 17.9 Å². The Bertz CT molecular complexity index is 532. The fraction of sp³-hybridized carbons (Fsp3) is 0.188. The Kier molecular flexibility index (Phi) is 8.30. The number of nitrogens with zero attached hydrogens (tertiary/aromatic N) is 1. The summed E-state index contributed by atoms with van der Waals surface area (Å²) in [5.41, 5.74) is 0. The van der Waals surface area contributed by atoms with Crippen LogP contribution >= 0.6 is 7.29 Å². The molecule has 109 valence electrons. The van der Waals surface area contributed by atoms with Crippen LogP contribution < -0.4 is 15.7 Å². The molecular formula is C16H20N2OPPr-. The molecule has 0 aliphatic heterocycles. The first-order chi connectivity index (χ1) is 9.63. The van der Waals surface area contributed by atoms with Gasteiger partial charge in [-0.3, -0.25) is 4.57 Å². The first kappa shape index (κ1) is 19.0. The second kappa shape index (κ2) is 9.17. The predicted octanol–water partition coefficient (Wildman–Crippen LogP) is 2.23. The molecule has 0 atom stereocenters. The van der Waals surface area contributed by atoms with Crippen molar-refractivity contribution in [2.45, 2.75) is 0 Å². The SMILES string of the molecule is CN(C)C[CH-]NP(=O)(c1ccccc1)c1ccccc1.[Pr]. The Morgan fingerprint density at radius 3 is 1.76 bits per heavy atom. The maximum absolute atomic E-state index is 13.4. The maximum atomic E-state index is 13.4. The van der Waals surface area contributed by atoms with Crippen molar-refractivity contribution in [3.63, 3.8) is 0 Å². The van der Waals surface area contributed by atoms with Crippen LogP contribution in [0.3, 0.4) is 0 Å². The van der Waals surface area contributed by atoms with Crippen LogP contribution in [0.2, 0.25) is 0 Å². The molecule has 0 spiro atoms. The van der Waals surface area contributed by atoms with Gasteiger partial charge in [-0.15, -0.1) is 6.54 Å². The van der Waals surface area contributed by atoms with Gasteiger partial charge in [-0.1, -0.05) is 36.4 Å². The summed E-state index contributed by atoms with van der Waals surface area (Å²) in [6, 6.07) is 19.2. The molecule has 0 aliphatic rings.